The van der Waals surface area contributed by atoms with Crippen molar-refractivity contribution in [2.24, 2.45) is 0 Å². The van der Waals surface area contributed by atoms with Gasteiger partial charge < -0.3 is 9.47 Å². The largest absolute Gasteiger partial charge is 0.452 e. The number of nitrogens with one attached hydrogen (secondary N) is 2. The molecule has 0 saturated carbocycles. The number of rotatable bonds is 6. The van der Waals surface area contributed by atoms with E-state index in [-0.39, 0.29) is 16.9 Å². The van der Waals surface area contributed by atoms with Crippen LogP contribution in [0.15, 0.2) is 48.5 Å². The van der Waals surface area contributed by atoms with Crippen LogP contribution in [0.4, 0.5) is 13.2 Å². The SMILES string of the molecule is O=C(COC(=O)c1ccc(OC(F)F)cc1)NNC(=O)c1ccccc1F. The van der Waals surface area contributed by atoms with Crippen LogP contribution in [0.25, 0.3) is 0 Å². The summed E-state index contributed by atoms with van der Waals surface area (Å²) in [6.45, 7) is -3.72. The van der Waals surface area contributed by atoms with Crippen molar-refractivity contribution in [2.45, 2.75) is 6.61 Å². The molecule has 10 heteroatoms. The Kier molecular flexibility index (Phi) is 6.75. The van der Waals surface area contributed by atoms with E-state index >= 15 is 0 Å². The van der Waals surface area contributed by atoms with Crippen LogP contribution in [0.1, 0.15) is 20.7 Å². The van der Waals surface area contributed by atoms with Crippen molar-refractivity contribution >= 4 is 17.8 Å². The minimum Gasteiger partial charge on any atom is -0.452 e. The number of hydrazine groups is 1. The highest BCUT2D eigenvalue weighted by atomic mass is 19.3. The normalized spacial score (nSPS) is 10.2. The number of alkyl halides is 2. The lowest BCUT2D eigenvalue weighted by atomic mass is 10.2. The second-order valence-corrected chi connectivity index (χ2v) is 4.96. The molecular weight excluding hydrogens is 369 g/mol. The number of amides is 2. The van der Waals surface area contributed by atoms with Gasteiger partial charge in [0.2, 0.25) is 0 Å². The molecule has 27 heavy (non-hydrogen) atoms. The minimum atomic E-state index is -2.99. The third kappa shape index (κ3) is 6.03. The van der Waals surface area contributed by atoms with Crippen molar-refractivity contribution in [1.82, 2.24) is 10.9 Å². The topological polar surface area (TPSA) is 93.7 Å². The first-order valence-corrected chi connectivity index (χ1v) is 7.42. The first-order chi connectivity index (χ1) is 12.9. The molecular formula is C17H13F3N2O5. The molecule has 2 rings (SSSR count). The van der Waals surface area contributed by atoms with Crippen LogP contribution >= 0.6 is 0 Å². The van der Waals surface area contributed by atoms with Gasteiger partial charge in [-0.05, 0) is 36.4 Å². The van der Waals surface area contributed by atoms with E-state index in [1.807, 2.05) is 10.9 Å². The second-order valence-electron chi connectivity index (χ2n) is 4.96. The van der Waals surface area contributed by atoms with Crippen molar-refractivity contribution in [3.8, 4) is 5.75 Å². The number of carbonyl (C=O) groups excluding carboxylic acids is 3. The Morgan fingerprint density at radius 1 is 0.963 bits per heavy atom. The zero-order valence-electron chi connectivity index (χ0n) is 13.6. The molecule has 0 aliphatic heterocycles. The fraction of sp³-hybridized carbons (Fsp3) is 0.118. The first-order valence-electron chi connectivity index (χ1n) is 7.42. The van der Waals surface area contributed by atoms with Crippen LogP contribution in [0, 0.1) is 5.82 Å². The Hall–Kier alpha value is -3.56. The quantitative estimate of drug-likeness (QED) is 0.589. The number of hydrogen-bond donors (Lipinski definition) is 2. The van der Waals surface area contributed by atoms with Gasteiger partial charge in [-0.25, -0.2) is 9.18 Å². The first kappa shape index (κ1) is 19.8. The van der Waals surface area contributed by atoms with Gasteiger partial charge in [0.1, 0.15) is 11.6 Å². The van der Waals surface area contributed by atoms with Crippen LogP contribution in [0.5, 0.6) is 5.75 Å². The smallest absolute Gasteiger partial charge is 0.387 e. The lowest BCUT2D eigenvalue weighted by molar-refractivity contribution is -0.125. The van der Waals surface area contributed by atoms with E-state index in [0.29, 0.717) is 0 Å². The molecule has 7 nitrogen and oxygen atoms in total. The van der Waals surface area contributed by atoms with Gasteiger partial charge >= 0.3 is 12.6 Å². The molecule has 0 unspecified atom stereocenters. The van der Waals surface area contributed by atoms with E-state index < -0.39 is 36.8 Å². The Bertz CT molecular complexity index is 828. The number of ether oxygens (including phenoxy) is 2. The summed E-state index contributed by atoms with van der Waals surface area (Å²) in [5.74, 6) is -3.56. The molecule has 0 aliphatic rings. The lowest BCUT2D eigenvalue weighted by Gasteiger charge is -2.09. The van der Waals surface area contributed by atoms with Crippen molar-refractivity contribution in [3.63, 3.8) is 0 Å². The van der Waals surface area contributed by atoms with Crippen molar-refractivity contribution < 1.29 is 37.0 Å². The summed E-state index contributed by atoms with van der Waals surface area (Å²) in [5, 5.41) is 0. The average molecular weight is 382 g/mol. The highest BCUT2D eigenvalue weighted by Gasteiger charge is 2.14. The van der Waals surface area contributed by atoms with Crippen molar-refractivity contribution in [3.05, 3.63) is 65.5 Å². The van der Waals surface area contributed by atoms with E-state index in [1.54, 1.807) is 0 Å². The van der Waals surface area contributed by atoms with E-state index in [1.165, 1.54) is 30.3 Å². The highest BCUT2D eigenvalue weighted by Crippen LogP contribution is 2.15. The third-order valence-electron chi connectivity index (χ3n) is 3.08. The fourth-order valence-electron chi connectivity index (χ4n) is 1.86. The molecule has 0 atom stereocenters. The van der Waals surface area contributed by atoms with Gasteiger partial charge in [0.25, 0.3) is 11.8 Å². The van der Waals surface area contributed by atoms with E-state index in [9.17, 15) is 27.6 Å². The van der Waals surface area contributed by atoms with Gasteiger partial charge in [0.05, 0.1) is 11.1 Å². The minimum absolute atomic E-state index is 0.000177. The van der Waals surface area contributed by atoms with Gasteiger partial charge in [-0.15, -0.1) is 0 Å². The van der Waals surface area contributed by atoms with Gasteiger partial charge in [0.15, 0.2) is 6.61 Å². The number of benzene rings is 2. The molecule has 0 fully saturated rings. The zero-order chi connectivity index (χ0) is 19.8. The molecule has 2 aromatic rings. The van der Waals surface area contributed by atoms with E-state index in [0.717, 1.165) is 18.2 Å². The maximum Gasteiger partial charge on any atom is 0.387 e. The Labute approximate surface area is 151 Å². The Morgan fingerprint density at radius 3 is 2.26 bits per heavy atom. The summed E-state index contributed by atoms with van der Waals surface area (Å²) in [7, 11) is 0. The molecule has 0 aliphatic carbocycles. The van der Waals surface area contributed by atoms with Crippen LogP contribution in [-0.4, -0.2) is 31.0 Å². The summed E-state index contributed by atoms with van der Waals surface area (Å²) in [4.78, 5) is 35.0. The van der Waals surface area contributed by atoms with Gasteiger partial charge in [-0.2, -0.15) is 8.78 Å². The molecule has 2 N–H and O–H groups in total. The predicted octanol–water partition coefficient (Wildman–Crippen LogP) is 2.05. The van der Waals surface area contributed by atoms with Crippen LogP contribution in [0.3, 0.4) is 0 Å². The summed E-state index contributed by atoms with van der Waals surface area (Å²) < 4.78 is 46.3. The summed E-state index contributed by atoms with van der Waals surface area (Å²) in [6, 6.07) is 9.77. The average Bonchev–Trinajstić information content (AvgIpc) is 2.64. The molecule has 0 aromatic heterocycles. The van der Waals surface area contributed by atoms with Gasteiger partial charge in [-0.1, -0.05) is 12.1 Å². The number of hydrogen-bond acceptors (Lipinski definition) is 5. The zero-order valence-corrected chi connectivity index (χ0v) is 13.6. The monoisotopic (exact) mass is 382 g/mol. The molecule has 0 spiro atoms. The van der Waals surface area contributed by atoms with E-state index in [2.05, 4.69) is 4.74 Å². The molecule has 142 valence electrons. The number of carbonyl (C=O) groups is 3. The van der Waals surface area contributed by atoms with Crippen LogP contribution < -0.4 is 15.6 Å². The van der Waals surface area contributed by atoms with Crippen LogP contribution in [0.2, 0.25) is 0 Å². The molecule has 0 bridgehead atoms. The van der Waals surface area contributed by atoms with Gasteiger partial charge in [0, 0.05) is 0 Å². The Morgan fingerprint density at radius 2 is 1.63 bits per heavy atom. The highest BCUT2D eigenvalue weighted by molar-refractivity contribution is 5.96. The third-order valence-corrected chi connectivity index (χ3v) is 3.08. The standard InChI is InChI=1S/C17H13F3N2O5/c18-13-4-2-1-3-12(13)15(24)22-21-14(23)9-26-16(25)10-5-7-11(8-6-10)27-17(19)20/h1-8,17H,9H2,(H,21,23)(H,22,24). The second kappa shape index (κ2) is 9.22. The number of halogens is 3. The molecule has 2 amide bonds. The van der Waals surface area contributed by atoms with Gasteiger partial charge in [-0.3, -0.25) is 20.4 Å². The summed E-state index contributed by atoms with van der Waals surface area (Å²) >= 11 is 0. The predicted molar refractivity (Wildman–Crippen MR) is 85.4 cm³/mol. The summed E-state index contributed by atoms with van der Waals surface area (Å²) in [5.41, 5.74) is 3.65. The lowest BCUT2D eigenvalue weighted by Crippen LogP contribution is -2.43. The summed E-state index contributed by atoms with van der Waals surface area (Å²) in [6.07, 6.45) is 0. The Balaban J connectivity index is 1.78. The maximum atomic E-state index is 13.4. The molecule has 0 heterocycles. The van der Waals surface area contributed by atoms with E-state index in [4.69, 9.17) is 4.74 Å². The molecule has 2 aromatic carbocycles. The molecule has 0 saturated heterocycles. The van der Waals surface area contributed by atoms with Crippen molar-refractivity contribution in [1.29, 1.82) is 0 Å². The fourth-order valence-corrected chi connectivity index (χ4v) is 1.86. The maximum absolute atomic E-state index is 13.4. The molecule has 0 radical (unpaired) electrons. The van der Waals surface area contributed by atoms with Crippen molar-refractivity contribution in [2.75, 3.05) is 6.61 Å². The van der Waals surface area contributed by atoms with Crippen LogP contribution in [-0.2, 0) is 9.53 Å². The number of esters is 1.